The van der Waals surface area contributed by atoms with Crippen LogP contribution in [0.4, 0.5) is 4.39 Å². The van der Waals surface area contributed by atoms with Crippen LogP contribution in [-0.2, 0) is 0 Å². The summed E-state index contributed by atoms with van der Waals surface area (Å²) in [6.45, 7) is 8.68. The van der Waals surface area contributed by atoms with E-state index in [4.69, 9.17) is 0 Å². The van der Waals surface area contributed by atoms with Gasteiger partial charge in [-0.2, -0.15) is 0 Å². The average Bonchev–Trinajstić information content (AvgIpc) is 3.18. The molecule has 110 valence electrons. The molecule has 0 aromatic heterocycles. The number of nitrogens with zero attached hydrogens (tertiary/aromatic N) is 1. The van der Waals surface area contributed by atoms with Gasteiger partial charge in [-0.25, -0.2) is 4.39 Å². The van der Waals surface area contributed by atoms with Crippen LogP contribution in [0.5, 0.6) is 0 Å². The summed E-state index contributed by atoms with van der Waals surface area (Å²) in [5, 5.41) is 3.03. The number of aryl methyl sites for hydroxylation is 1. The minimum Gasteiger partial charge on any atom is -0.345 e. The van der Waals surface area contributed by atoms with Gasteiger partial charge in [-0.15, -0.1) is 0 Å². The molecule has 1 fully saturated rings. The van der Waals surface area contributed by atoms with Crippen LogP contribution < -0.4 is 5.32 Å². The van der Waals surface area contributed by atoms with E-state index < -0.39 is 5.82 Å². The van der Waals surface area contributed by atoms with E-state index >= 15 is 0 Å². The minimum atomic E-state index is -0.413. The Morgan fingerprint density at radius 2 is 2.00 bits per heavy atom. The summed E-state index contributed by atoms with van der Waals surface area (Å²) in [5.74, 6) is -0.709. The zero-order valence-electron chi connectivity index (χ0n) is 12.5. The summed E-state index contributed by atoms with van der Waals surface area (Å²) in [6.07, 6.45) is 1.95. The van der Waals surface area contributed by atoms with E-state index in [2.05, 4.69) is 24.1 Å². The number of halogens is 1. The van der Waals surface area contributed by atoms with Gasteiger partial charge in [0, 0.05) is 6.54 Å². The Labute approximate surface area is 120 Å². The first kappa shape index (κ1) is 15.0. The highest BCUT2D eigenvalue weighted by Crippen LogP contribution is 2.36. The molecule has 3 nitrogen and oxygen atoms in total. The molecular weight excluding hydrogens is 255 g/mol. The van der Waals surface area contributed by atoms with E-state index in [0.29, 0.717) is 5.56 Å². The Kier molecular flexibility index (Phi) is 4.43. The number of nitrogens with one attached hydrogen (secondary N) is 1. The lowest BCUT2D eigenvalue weighted by Crippen LogP contribution is -2.46. The van der Waals surface area contributed by atoms with Crippen molar-refractivity contribution in [3.63, 3.8) is 0 Å². The topological polar surface area (TPSA) is 32.3 Å². The first-order valence-corrected chi connectivity index (χ1v) is 7.31. The highest BCUT2D eigenvalue weighted by molar-refractivity contribution is 5.95. The molecule has 0 spiro atoms. The second-order valence-electron chi connectivity index (χ2n) is 5.63. The van der Waals surface area contributed by atoms with Gasteiger partial charge in [-0.1, -0.05) is 26.0 Å². The van der Waals surface area contributed by atoms with Crippen molar-refractivity contribution in [2.45, 2.75) is 39.2 Å². The van der Waals surface area contributed by atoms with Crippen molar-refractivity contribution < 1.29 is 9.18 Å². The van der Waals surface area contributed by atoms with Gasteiger partial charge in [-0.05, 0) is 44.5 Å². The van der Waals surface area contributed by atoms with Crippen molar-refractivity contribution in [2.24, 2.45) is 0 Å². The molecule has 1 saturated carbocycles. The standard InChI is InChI=1S/C16H23FN2O/c1-4-19(5-2)11-16(9-10-16)18-15(20)13-8-6-7-12(3)14(13)17/h6-8H,4-5,9-11H2,1-3H3,(H,18,20). The Hall–Kier alpha value is -1.42. The summed E-state index contributed by atoms with van der Waals surface area (Å²) in [4.78, 5) is 14.6. The van der Waals surface area contributed by atoms with Crippen LogP contribution in [0.2, 0.25) is 0 Å². The molecule has 0 radical (unpaired) electrons. The molecule has 0 aliphatic heterocycles. The van der Waals surface area contributed by atoms with Crippen LogP contribution in [0, 0.1) is 12.7 Å². The normalized spacial score (nSPS) is 16.2. The molecule has 0 heterocycles. The quantitative estimate of drug-likeness (QED) is 0.868. The smallest absolute Gasteiger partial charge is 0.254 e. The first-order chi connectivity index (χ1) is 9.51. The summed E-state index contributed by atoms with van der Waals surface area (Å²) < 4.78 is 14.0. The fourth-order valence-electron chi connectivity index (χ4n) is 2.48. The Bertz CT molecular complexity index is 493. The van der Waals surface area contributed by atoms with Crippen molar-refractivity contribution >= 4 is 5.91 Å². The molecule has 1 aliphatic rings. The average molecular weight is 278 g/mol. The number of benzene rings is 1. The molecule has 20 heavy (non-hydrogen) atoms. The van der Waals surface area contributed by atoms with Crippen molar-refractivity contribution in [3.05, 3.63) is 35.1 Å². The largest absolute Gasteiger partial charge is 0.345 e. The van der Waals surface area contributed by atoms with Gasteiger partial charge >= 0.3 is 0 Å². The van der Waals surface area contributed by atoms with Crippen molar-refractivity contribution in [2.75, 3.05) is 19.6 Å². The molecule has 1 aromatic carbocycles. The number of amides is 1. The first-order valence-electron chi connectivity index (χ1n) is 7.31. The van der Waals surface area contributed by atoms with Crippen LogP contribution in [0.25, 0.3) is 0 Å². The zero-order chi connectivity index (χ0) is 14.8. The third-order valence-electron chi connectivity index (χ3n) is 4.09. The number of hydrogen-bond donors (Lipinski definition) is 1. The van der Waals surface area contributed by atoms with E-state index in [9.17, 15) is 9.18 Å². The van der Waals surface area contributed by atoms with Gasteiger partial charge < -0.3 is 10.2 Å². The summed E-state index contributed by atoms with van der Waals surface area (Å²) in [6, 6.07) is 4.94. The van der Waals surface area contributed by atoms with E-state index in [1.165, 1.54) is 0 Å². The fourth-order valence-corrected chi connectivity index (χ4v) is 2.48. The maximum Gasteiger partial charge on any atom is 0.254 e. The summed E-state index contributed by atoms with van der Waals surface area (Å²) >= 11 is 0. The molecule has 1 aliphatic carbocycles. The Morgan fingerprint density at radius 1 is 1.35 bits per heavy atom. The van der Waals surface area contributed by atoms with E-state index in [0.717, 1.165) is 32.5 Å². The molecule has 1 amide bonds. The molecular formula is C16H23FN2O. The van der Waals surface area contributed by atoms with Gasteiger partial charge in [0.25, 0.3) is 5.91 Å². The highest BCUT2D eigenvalue weighted by Gasteiger charge is 2.45. The summed E-state index contributed by atoms with van der Waals surface area (Å²) in [5.41, 5.74) is 0.501. The Balaban J connectivity index is 2.06. The predicted octanol–water partition coefficient (Wildman–Crippen LogP) is 2.74. The van der Waals surface area contributed by atoms with Crippen molar-refractivity contribution in [1.82, 2.24) is 10.2 Å². The monoisotopic (exact) mass is 278 g/mol. The lowest BCUT2D eigenvalue weighted by Gasteiger charge is -2.26. The number of hydrogen-bond acceptors (Lipinski definition) is 2. The molecule has 0 unspecified atom stereocenters. The molecule has 4 heteroatoms. The van der Waals surface area contributed by atoms with E-state index in [1.54, 1.807) is 25.1 Å². The molecule has 2 rings (SSSR count). The molecule has 0 atom stereocenters. The minimum absolute atomic E-state index is 0.149. The maximum absolute atomic E-state index is 14.0. The van der Waals surface area contributed by atoms with Crippen LogP contribution in [0.3, 0.4) is 0 Å². The van der Waals surface area contributed by atoms with E-state index in [1.807, 2.05) is 0 Å². The number of rotatable bonds is 6. The molecule has 0 saturated heterocycles. The second-order valence-corrected chi connectivity index (χ2v) is 5.63. The lowest BCUT2D eigenvalue weighted by atomic mass is 10.1. The fraction of sp³-hybridized carbons (Fsp3) is 0.562. The SMILES string of the molecule is CCN(CC)CC1(NC(=O)c2cccc(C)c2F)CC1. The molecule has 1 N–H and O–H groups in total. The third kappa shape index (κ3) is 3.18. The van der Waals surface area contributed by atoms with Crippen LogP contribution >= 0.6 is 0 Å². The van der Waals surface area contributed by atoms with Gasteiger partial charge in [0.15, 0.2) is 0 Å². The Morgan fingerprint density at radius 3 is 2.55 bits per heavy atom. The maximum atomic E-state index is 14.0. The van der Waals surface area contributed by atoms with Crippen LogP contribution in [-0.4, -0.2) is 36.0 Å². The van der Waals surface area contributed by atoms with E-state index in [-0.39, 0.29) is 17.0 Å². The van der Waals surface area contributed by atoms with Gasteiger partial charge in [0.1, 0.15) is 5.82 Å². The molecule has 1 aromatic rings. The zero-order valence-corrected chi connectivity index (χ0v) is 12.5. The lowest BCUT2D eigenvalue weighted by molar-refractivity contribution is 0.0914. The third-order valence-corrected chi connectivity index (χ3v) is 4.09. The number of carbonyl (C=O) groups excluding carboxylic acids is 1. The van der Waals surface area contributed by atoms with Crippen molar-refractivity contribution in [3.8, 4) is 0 Å². The number of carbonyl (C=O) groups is 1. The summed E-state index contributed by atoms with van der Waals surface area (Å²) in [7, 11) is 0. The number of likely N-dealkylation sites (N-methyl/N-ethyl adjacent to an activating group) is 1. The van der Waals surface area contributed by atoms with Gasteiger partial charge in [0.05, 0.1) is 11.1 Å². The van der Waals surface area contributed by atoms with Gasteiger partial charge in [-0.3, -0.25) is 4.79 Å². The predicted molar refractivity (Wildman–Crippen MR) is 78.4 cm³/mol. The highest BCUT2D eigenvalue weighted by atomic mass is 19.1. The van der Waals surface area contributed by atoms with Crippen molar-refractivity contribution in [1.29, 1.82) is 0 Å². The van der Waals surface area contributed by atoms with Gasteiger partial charge in [0.2, 0.25) is 0 Å². The second kappa shape index (κ2) is 5.92. The molecule has 0 bridgehead atoms. The van der Waals surface area contributed by atoms with Crippen LogP contribution in [0.1, 0.15) is 42.6 Å². The van der Waals surface area contributed by atoms with Crippen LogP contribution in [0.15, 0.2) is 18.2 Å².